The zero-order valence-corrected chi connectivity index (χ0v) is 25.3. The lowest BCUT2D eigenvalue weighted by Gasteiger charge is -2.41. The highest BCUT2D eigenvalue weighted by atomic mass is 16.5. The lowest BCUT2D eigenvalue weighted by atomic mass is 9.55. The molecule has 35 heavy (non-hydrogen) atoms. The van der Waals surface area contributed by atoms with Gasteiger partial charge in [0.1, 0.15) is 0 Å². The van der Waals surface area contributed by atoms with E-state index in [-0.39, 0.29) is 29.5 Å². The standard InChI is InChI=1S/C27H46BNO2.2C2H6/c1-25(2,3)24(30)19-9-15-22(16-10-19)29-23-17-13-21(14-18-23)28(20-11-12-20)31-27(7,8)26(4,5)6;2*1-2/h13-14,17-20,22,24,29-30H,9-12,15-16H2,1-8H3;2*1-2H3. The van der Waals surface area contributed by atoms with Gasteiger partial charge >= 0.3 is 6.92 Å². The van der Waals surface area contributed by atoms with Crippen LogP contribution in [-0.4, -0.2) is 29.8 Å². The lowest BCUT2D eigenvalue weighted by molar-refractivity contribution is -0.00299. The fourth-order valence-corrected chi connectivity index (χ4v) is 4.62. The molecule has 2 N–H and O–H groups in total. The molecule has 2 aliphatic rings. The average molecular weight is 488 g/mol. The zero-order valence-electron chi connectivity index (χ0n) is 25.3. The van der Waals surface area contributed by atoms with Crippen LogP contribution in [0, 0.1) is 16.7 Å². The number of rotatable bonds is 7. The van der Waals surface area contributed by atoms with Gasteiger partial charge in [0.05, 0.1) is 11.7 Å². The predicted molar refractivity (Wildman–Crippen MR) is 157 cm³/mol. The van der Waals surface area contributed by atoms with Crippen molar-refractivity contribution < 1.29 is 9.76 Å². The molecular formula is C31H58BNO2. The van der Waals surface area contributed by atoms with Gasteiger partial charge in [-0.05, 0) is 79.7 Å². The Bertz CT molecular complexity index is 705. The molecule has 2 saturated carbocycles. The molecule has 3 rings (SSSR count). The van der Waals surface area contributed by atoms with Gasteiger partial charge in [0.25, 0.3) is 0 Å². The van der Waals surface area contributed by atoms with E-state index in [4.69, 9.17) is 4.65 Å². The van der Waals surface area contributed by atoms with E-state index in [9.17, 15) is 5.11 Å². The summed E-state index contributed by atoms with van der Waals surface area (Å²) in [7, 11) is 0. The van der Waals surface area contributed by atoms with Crippen LogP contribution in [0.2, 0.25) is 5.82 Å². The molecule has 1 unspecified atom stereocenters. The van der Waals surface area contributed by atoms with Crippen molar-refractivity contribution in [3.8, 4) is 0 Å². The summed E-state index contributed by atoms with van der Waals surface area (Å²) in [4.78, 5) is 0. The van der Waals surface area contributed by atoms with Gasteiger partial charge in [-0.2, -0.15) is 0 Å². The maximum absolute atomic E-state index is 10.6. The fraction of sp³-hybridized carbons (Fsp3) is 0.806. The van der Waals surface area contributed by atoms with Gasteiger partial charge in [-0.15, -0.1) is 0 Å². The molecule has 0 aromatic heterocycles. The number of aliphatic hydroxyl groups excluding tert-OH is 1. The van der Waals surface area contributed by atoms with Gasteiger partial charge in [-0.25, -0.2) is 0 Å². The van der Waals surface area contributed by atoms with Crippen LogP contribution >= 0.6 is 0 Å². The van der Waals surface area contributed by atoms with Crippen LogP contribution in [0.4, 0.5) is 5.69 Å². The first-order valence-corrected chi connectivity index (χ1v) is 14.5. The van der Waals surface area contributed by atoms with E-state index in [0.29, 0.717) is 17.8 Å². The second-order valence-corrected chi connectivity index (χ2v) is 12.8. The summed E-state index contributed by atoms with van der Waals surface area (Å²) < 4.78 is 6.72. The molecule has 0 bridgehead atoms. The molecule has 0 spiro atoms. The highest BCUT2D eigenvalue weighted by molar-refractivity contribution is 6.69. The Morgan fingerprint density at radius 1 is 0.800 bits per heavy atom. The molecule has 0 amide bonds. The van der Waals surface area contributed by atoms with Crippen molar-refractivity contribution >= 4 is 18.1 Å². The topological polar surface area (TPSA) is 41.5 Å². The van der Waals surface area contributed by atoms with Crippen molar-refractivity contribution in [1.29, 1.82) is 0 Å². The molecule has 2 aliphatic carbocycles. The Morgan fingerprint density at radius 2 is 1.29 bits per heavy atom. The summed E-state index contributed by atoms with van der Waals surface area (Å²) in [5.74, 6) is 1.09. The van der Waals surface area contributed by atoms with Crippen molar-refractivity contribution in [3.05, 3.63) is 24.3 Å². The molecule has 0 radical (unpaired) electrons. The van der Waals surface area contributed by atoms with Crippen molar-refractivity contribution in [2.45, 2.75) is 145 Å². The number of aliphatic hydroxyl groups is 1. The number of anilines is 1. The third-order valence-electron chi connectivity index (χ3n) is 7.99. The van der Waals surface area contributed by atoms with E-state index >= 15 is 0 Å². The molecule has 0 heterocycles. The maximum atomic E-state index is 10.6. The van der Waals surface area contributed by atoms with Gasteiger partial charge in [-0.3, -0.25) is 0 Å². The maximum Gasteiger partial charge on any atom is 0.330 e. The summed E-state index contributed by atoms with van der Waals surface area (Å²) in [5, 5.41) is 14.4. The smallest absolute Gasteiger partial charge is 0.330 e. The highest BCUT2D eigenvalue weighted by Crippen LogP contribution is 2.43. The molecule has 0 aliphatic heterocycles. The van der Waals surface area contributed by atoms with Crippen molar-refractivity contribution in [1.82, 2.24) is 0 Å². The first kappa shape index (κ1) is 32.0. The third kappa shape index (κ3) is 9.43. The predicted octanol–water partition coefficient (Wildman–Crippen LogP) is 8.32. The molecule has 2 fully saturated rings. The summed E-state index contributed by atoms with van der Waals surface area (Å²) >= 11 is 0. The van der Waals surface area contributed by atoms with Crippen LogP contribution in [0.25, 0.3) is 0 Å². The van der Waals surface area contributed by atoms with Crippen LogP contribution in [-0.2, 0) is 4.65 Å². The third-order valence-corrected chi connectivity index (χ3v) is 7.99. The quantitative estimate of drug-likeness (QED) is 0.380. The summed E-state index contributed by atoms with van der Waals surface area (Å²) in [6.07, 6.45) is 6.81. The Kier molecular flexibility index (Phi) is 12.4. The summed E-state index contributed by atoms with van der Waals surface area (Å²) in [5.41, 5.74) is 2.41. The number of nitrogens with one attached hydrogen (secondary N) is 1. The molecule has 1 aromatic rings. The van der Waals surface area contributed by atoms with E-state index in [0.717, 1.165) is 25.7 Å². The fourth-order valence-electron chi connectivity index (χ4n) is 4.62. The van der Waals surface area contributed by atoms with Gasteiger partial charge in [0, 0.05) is 11.7 Å². The molecular weight excluding hydrogens is 429 g/mol. The minimum Gasteiger partial charge on any atom is -0.425 e. The van der Waals surface area contributed by atoms with Crippen LogP contribution in [0.1, 0.15) is 122 Å². The first-order valence-electron chi connectivity index (χ1n) is 14.5. The van der Waals surface area contributed by atoms with Crippen molar-refractivity contribution in [2.24, 2.45) is 16.7 Å². The molecule has 202 valence electrons. The Hall–Kier alpha value is -0.995. The molecule has 1 atom stereocenters. The van der Waals surface area contributed by atoms with Gasteiger partial charge < -0.3 is 15.1 Å². The second-order valence-electron chi connectivity index (χ2n) is 12.8. The van der Waals surface area contributed by atoms with Crippen LogP contribution in [0.3, 0.4) is 0 Å². The van der Waals surface area contributed by atoms with E-state index < -0.39 is 0 Å². The Morgan fingerprint density at radius 3 is 1.69 bits per heavy atom. The van der Waals surface area contributed by atoms with Gasteiger partial charge in [0.2, 0.25) is 0 Å². The van der Waals surface area contributed by atoms with Crippen LogP contribution < -0.4 is 10.8 Å². The van der Waals surface area contributed by atoms with E-state index in [1.54, 1.807) is 0 Å². The normalized spacial score (nSPS) is 21.6. The Labute approximate surface area is 219 Å². The summed E-state index contributed by atoms with van der Waals surface area (Å²) in [6.45, 7) is 25.9. The summed E-state index contributed by atoms with van der Waals surface area (Å²) in [6, 6.07) is 9.49. The second kappa shape index (κ2) is 13.5. The van der Waals surface area contributed by atoms with E-state index in [1.165, 1.54) is 24.0 Å². The monoisotopic (exact) mass is 487 g/mol. The minimum atomic E-state index is -0.204. The van der Waals surface area contributed by atoms with Crippen molar-refractivity contribution in [3.63, 3.8) is 0 Å². The molecule has 4 heteroatoms. The Balaban J connectivity index is 0.00000145. The van der Waals surface area contributed by atoms with Crippen LogP contribution in [0.15, 0.2) is 24.3 Å². The minimum absolute atomic E-state index is 0.0253. The number of hydrogen-bond donors (Lipinski definition) is 2. The molecule has 1 aromatic carbocycles. The highest BCUT2D eigenvalue weighted by Gasteiger charge is 2.44. The van der Waals surface area contributed by atoms with Crippen molar-refractivity contribution in [2.75, 3.05) is 5.32 Å². The molecule has 3 nitrogen and oxygen atoms in total. The SMILES string of the molecule is CC.CC.CC(C)(C)C(O)C1CCC(Nc2ccc(B(OC(C)(C)C(C)(C)C)C3CC3)cc2)CC1. The van der Waals surface area contributed by atoms with Crippen LogP contribution in [0.5, 0.6) is 0 Å². The lowest BCUT2D eigenvalue weighted by Crippen LogP contribution is -2.48. The van der Waals surface area contributed by atoms with Gasteiger partial charge in [0.15, 0.2) is 0 Å². The average Bonchev–Trinajstić information content (AvgIpc) is 3.65. The zero-order chi connectivity index (χ0) is 27.0. The van der Waals surface area contributed by atoms with E-state index in [2.05, 4.69) is 85.0 Å². The molecule has 0 saturated heterocycles. The van der Waals surface area contributed by atoms with E-state index in [1.807, 2.05) is 27.7 Å². The van der Waals surface area contributed by atoms with Gasteiger partial charge in [-0.1, -0.05) is 94.2 Å². The number of hydrogen-bond acceptors (Lipinski definition) is 3. The number of benzene rings is 1. The largest absolute Gasteiger partial charge is 0.425 e. The first-order chi connectivity index (χ1) is 16.3.